The second-order valence-corrected chi connectivity index (χ2v) is 5.51. The van der Waals surface area contributed by atoms with Crippen molar-refractivity contribution in [3.8, 4) is 0 Å². The smallest absolute Gasteiger partial charge is 0.0423 e. The normalized spacial score (nSPS) is 29.9. The molecule has 18 heavy (non-hydrogen) atoms. The molecular formula is C15H17N3. The lowest BCUT2D eigenvalue weighted by molar-refractivity contribution is 0.467. The van der Waals surface area contributed by atoms with Gasteiger partial charge in [-0.1, -0.05) is 12.1 Å². The number of aromatic nitrogens is 1. The van der Waals surface area contributed by atoms with Crippen molar-refractivity contribution < 1.29 is 0 Å². The predicted octanol–water partition coefficient (Wildman–Crippen LogP) is 2.40. The fraction of sp³-hybridized carbons (Fsp3) is 0.400. The lowest BCUT2D eigenvalue weighted by Crippen LogP contribution is -2.41. The van der Waals surface area contributed by atoms with Crippen LogP contribution in [0.1, 0.15) is 12.8 Å². The molecule has 1 aliphatic heterocycles. The molecule has 2 bridgehead atoms. The molecule has 0 spiro atoms. The van der Waals surface area contributed by atoms with Gasteiger partial charge in [-0.25, -0.2) is 0 Å². The number of benzene rings is 1. The summed E-state index contributed by atoms with van der Waals surface area (Å²) in [6.45, 7) is 1.21. The summed E-state index contributed by atoms with van der Waals surface area (Å²) in [5.74, 6) is 0.879. The maximum absolute atomic E-state index is 4.18. The monoisotopic (exact) mass is 239 g/mol. The quantitative estimate of drug-likeness (QED) is 0.845. The van der Waals surface area contributed by atoms with Crippen LogP contribution in [0.2, 0.25) is 0 Å². The summed E-state index contributed by atoms with van der Waals surface area (Å²) in [6.07, 6.45) is 6.44. The Kier molecular flexibility index (Phi) is 2.27. The van der Waals surface area contributed by atoms with Crippen LogP contribution in [0.4, 0.5) is 5.69 Å². The number of pyridine rings is 1. The standard InChI is InChI=1S/C15H17N3/c1-2-11-9-16-5-4-12(11)13(3-1)18-15-7-10-6-14(15)17-8-10/h1-5,9-10,14-15,17-18H,6-8H2/t10-,14-,15-/m1/s1. The minimum absolute atomic E-state index is 0.586. The van der Waals surface area contributed by atoms with Crippen molar-refractivity contribution in [2.24, 2.45) is 5.92 Å². The van der Waals surface area contributed by atoms with Gasteiger partial charge in [0.15, 0.2) is 0 Å². The molecule has 3 atom stereocenters. The molecule has 3 nitrogen and oxygen atoms in total. The first-order valence-corrected chi connectivity index (χ1v) is 6.73. The molecule has 2 N–H and O–H groups in total. The molecule has 3 heteroatoms. The number of hydrogen-bond acceptors (Lipinski definition) is 3. The number of rotatable bonds is 2. The highest BCUT2D eigenvalue weighted by molar-refractivity contribution is 5.93. The third kappa shape index (κ3) is 1.58. The van der Waals surface area contributed by atoms with E-state index in [2.05, 4.69) is 39.9 Å². The molecule has 2 aliphatic rings. The molecule has 4 rings (SSSR count). The highest BCUT2D eigenvalue weighted by Crippen LogP contribution is 2.34. The van der Waals surface area contributed by atoms with Gasteiger partial charge >= 0.3 is 0 Å². The summed E-state index contributed by atoms with van der Waals surface area (Å²) in [4.78, 5) is 4.18. The molecule has 0 amide bonds. The third-order valence-corrected chi connectivity index (χ3v) is 4.35. The number of nitrogens with one attached hydrogen (secondary N) is 2. The summed E-state index contributed by atoms with van der Waals surface area (Å²) in [7, 11) is 0. The van der Waals surface area contributed by atoms with Crippen LogP contribution in [-0.2, 0) is 0 Å². The van der Waals surface area contributed by atoms with Crippen LogP contribution in [0.15, 0.2) is 36.7 Å². The summed E-state index contributed by atoms with van der Waals surface area (Å²) in [6, 6.07) is 9.74. The molecule has 1 aromatic heterocycles. The fourth-order valence-corrected chi connectivity index (χ4v) is 3.46. The number of piperidine rings is 1. The maximum Gasteiger partial charge on any atom is 0.0423 e. The lowest BCUT2D eigenvalue weighted by Gasteiger charge is -2.25. The summed E-state index contributed by atoms with van der Waals surface area (Å²) >= 11 is 0. The zero-order valence-corrected chi connectivity index (χ0v) is 10.3. The van der Waals surface area contributed by atoms with Gasteiger partial charge < -0.3 is 10.6 Å². The summed E-state index contributed by atoms with van der Waals surface area (Å²) < 4.78 is 0. The van der Waals surface area contributed by atoms with E-state index in [4.69, 9.17) is 0 Å². The Balaban J connectivity index is 1.67. The summed E-state index contributed by atoms with van der Waals surface area (Å²) in [5, 5.41) is 9.81. The van der Waals surface area contributed by atoms with E-state index in [-0.39, 0.29) is 0 Å². The molecule has 2 aromatic rings. The van der Waals surface area contributed by atoms with E-state index in [1.807, 2.05) is 12.4 Å². The zero-order chi connectivity index (χ0) is 11.9. The molecule has 2 heterocycles. The average Bonchev–Trinajstić information content (AvgIpc) is 3.01. The number of fused-ring (bicyclic) bond motifs is 3. The van der Waals surface area contributed by atoms with Crippen LogP contribution in [0.5, 0.6) is 0 Å². The topological polar surface area (TPSA) is 37.0 Å². The Labute approximate surface area is 107 Å². The van der Waals surface area contributed by atoms with E-state index in [0.717, 1.165) is 5.92 Å². The third-order valence-electron chi connectivity index (χ3n) is 4.35. The molecule has 92 valence electrons. The van der Waals surface area contributed by atoms with E-state index in [0.29, 0.717) is 12.1 Å². The van der Waals surface area contributed by atoms with E-state index in [1.165, 1.54) is 35.8 Å². The Bertz CT molecular complexity index is 575. The first kappa shape index (κ1) is 10.3. The van der Waals surface area contributed by atoms with Crippen molar-refractivity contribution in [2.45, 2.75) is 24.9 Å². The number of anilines is 1. The van der Waals surface area contributed by atoms with Gasteiger partial charge in [0.2, 0.25) is 0 Å². The van der Waals surface area contributed by atoms with E-state index >= 15 is 0 Å². The SMILES string of the molecule is c1cc(N[C@@H]2C[C@@H]3CN[C@@H]2C3)c2ccncc2c1. The van der Waals surface area contributed by atoms with Gasteiger partial charge in [-0.2, -0.15) is 0 Å². The highest BCUT2D eigenvalue weighted by atomic mass is 15.1. The van der Waals surface area contributed by atoms with Crippen LogP contribution in [0.25, 0.3) is 10.8 Å². The van der Waals surface area contributed by atoms with E-state index in [1.54, 1.807) is 0 Å². The first-order valence-electron chi connectivity index (χ1n) is 6.73. The predicted molar refractivity (Wildman–Crippen MR) is 73.7 cm³/mol. The Hall–Kier alpha value is -1.61. The van der Waals surface area contributed by atoms with E-state index in [9.17, 15) is 0 Å². The lowest BCUT2D eigenvalue weighted by atomic mass is 10.1. The molecule has 0 unspecified atom stereocenters. The van der Waals surface area contributed by atoms with Crippen molar-refractivity contribution in [1.82, 2.24) is 10.3 Å². The molecule has 0 radical (unpaired) electrons. The zero-order valence-electron chi connectivity index (χ0n) is 10.3. The van der Waals surface area contributed by atoms with Crippen LogP contribution in [0, 0.1) is 5.92 Å². The van der Waals surface area contributed by atoms with Crippen molar-refractivity contribution in [2.75, 3.05) is 11.9 Å². The second kappa shape index (κ2) is 3.95. The van der Waals surface area contributed by atoms with Crippen molar-refractivity contribution >= 4 is 16.5 Å². The van der Waals surface area contributed by atoms with Gasteiger partial charge in [0.1, 0.15) is 0 Å². The van der Waals surface area contributed by atoms with Crippen molar-refractivity contribution in [3.63, 3.8) is 0 Å². The van der Waals surface area contributed by atoms with Crippen LogP contribution in [0.3, 0.4) is 0 Å². The Morgan fingerprint density at radius 2 is 2.22 bits per heavy atom. The van der Waals surface area contributed by atoms with Crippen LogP contribution in [-0.4, -0.2) is 23.6 Å². The van der Waals surface area contributed by atoms with Crippen LogP contribution >= 0.6 is 0 Å². The molecule has 1 saturated carbocycles. The maximum atomic E-state index is 4.18. The molecule has 1 aromatic carbocycles. The largest absolute Gasteiger partial charge is 0.380 e. The Morgan fingerprint density at radius 3 is 3.06 bits per heavy atom. The molecule has 1 aliphatic carbocycles. The second-order valence-electron chi connectivity index (χ2n) is 5.51. The number of nitrogens with zero attached hydrogens (tertiary/aromatic N) is 1. The number of hydrogen-bond donors (Lipinski definition) is 2. The minimum Gasteiger partial charge on any atom is -0.380 e. The molecule has 1 saturated heterocycles. The first-order chi connectivity index (χ1) is 8.90. The van der Waals surface area contributed by atoms with Crippen molar-refractivity contribution in [1.29, 1.82) is 0 Å². The van der Waals surface area contributed by atoms with Crippen molar-refractivity contribution in [3.05, 3.63) is 36.7 Å². The average molecular weight is 239 g/mol. The van der Waals surface area contributed by atoms with Gasteiger partial charge in [-0.3, -0.25) is 4.98 Å². The molecular weight excluding hydrogens is 222 g/mol. The van der Waals surface area contributed by atoms with Gasteiger partial charge in [0.25, 0.3) is 0 Å². The van der Waals surface area contributed by atoms with Gasteiger partial charge in [-0.15, -0.1) is 0 Å². The highest BCUT2D eigenvalue weighted by Gasteiger charge is 2.39. The van der Waals surface area contributed by atoms with Gasteiger partial charge in [-0.05, 0) is 37.4 Å². The minimum atomic E-state index is 0.586. The van der Waals surface area contributed by atoms with E-state index < -0.39 is 0 Å². The van der Waals surface area contributed by atoms with Gasteiger partial charge in [0, 0.05) is 40.9 Å². The molecule has 2 fully saturated rings. The Morgan fingerprint density at radius 1 is 1.22 bits per heavy atom. The van der Waals surface area contributed by atoms with Gasteiger partial charge in [0.05, 0.1) is 0 Å². The van der Waals surface area contributed by atoms with Crippen LogP contribution < -0.4 is 10.6 Å². The fourth-order valence-electron chi connectivity index (χ4n) is 3.46. The summed E-state index contributed by atoms with van der Waals surface area (Å²) in [5.41, 5.74) is 1.24.